The predicted molar refractivity (Wildman–Crippen MR) is 60.5 cm³/mol. The lowest BCUT2D eigenvalue weighted by molar-refractivity contribution is 0.0601. The van der Waals surface area contributed by atoms with Crippen molar-refractivity contribution in [2.75, 3.05) is 7.11 Å². The molecule has 1 aromatic carbocycles. The van der Waals surface area contributed by atoms with Crippen LogP contribution in [0.2, 0.25) is 5.02 Å². The van der Waals surface area contributed by atoms with E-state index in [1.54, 1.807) is 18.2 Å². The predicted octanol–water partition coefficient (Wildman–Crippen LogP) is 3.39. The van der Waals surface area contributed by atoms with Crippen molar-refractivity contribution in [3.8, 4) is 11.3 Å². The molecule has 3 nitrogen and oxygen atoms in total. The van der Waals surface area contributed by atoms with Crippen LogP contribution in [0.15, 0.2) is 41.0 Å². The summed E-state index contributed by atoms with van der Waals surface area (Å²) >= 11 is 6.02. The Morgan fingerprint density at radius 3 is 2.75 bits per heavy atom. The molecule has 16 heavy (non-hydrogen) atoms. The number of halogens is 1. The first-order valence-corrected chi connectivity index (χ1v) is 5.02. The molecule has 4 heteroatoms. The van der Waals surface area contributed by atoms with E-state index in [4.69, 9.17) is 16.0 Å². The summed E-state index contributed by atoms with van der Waals surface area (Å²) in [6.07, 6.45) is 1.44. The Bertz CT molecular complexity index is 516. The van der Waals surface area contributed by atoms with E-state index in [0.29, 0.717) is 21.9 Å². The number of ether oxygens (including phenoxy) is 1. The molecule has 0 bridgehead atoms. The van der Waals surface area contributed by atoms with Gasteiger partial charge in [-0.1, -0.05) is 23.7 Å². The average Bonchev–Trinajstić information content (AvgIpc) is 2.77. The van der Waals surface area contributed by atoms with Crippen LogP contribution in [-0.2, 0) is 4.74 Å². The molecular formula is C12H9ClO3. The monoisotopic (exact) mass is 236 g/mol. The standard InChI is InChI=1S/C12H9ClO3/c1-15-12(14)9-6-7-16-11(9)8-4-2-3-5-10(8)13/h2-7H,1H3. The van der Waals surface area contributed by atoms with Gasteiger partial charge in [-0.25, -0.2) is 4.79 Å². The number of carbonyl (C=O) groups excluding carboxylic acids is 1. The summed E-state index contributed by atoms with van der Waals surface area (Å²) in [6, 6.07) is 8.72. The van der Waals surface area contributed by atoms with Gasteiger partial charge in [0.25, 0.3) is 0 Å². The Hall–Kier alpha value is -1.74. The molecular weight excluding hydrogens is 228 g/mol. The number of hydrogen-bond acceptors (Lipinski definition) is 3. The molecule has 0 radical (unpaired) electrons. The minimum absolute atomic E-state index is 0.371. The van der Waals surface area contributed by atoms with Gasteiger partial charge in [-0.3, -0.25) is 0 Å². The van der Waals surface area contributed by atoms with Gasteiger partial charge in [-0.15, -0.1) is 0 Å². The zero-order valence-corrected chi connectivity index (χ0v) is 9.32. The number of carbonyl (C=O) groups is 1. The van der Waals surface area contributed by atoms with E-state index in [1.807, 2.05) is 12.1 Å². The van der Waals surface area contributed by atoms with E-state index in [-0.39, 0.29) is 0 Å². The van der Waals surface area contributed by atoms with E-state index in [0.717, 1.165) is 0 Å². The van der Waals surface area contributed by atoms with E-state index < -0.39 is 5.97 Å². The summed E-state index contributed by atoms with van der Waals surface area (Å²) in [5.74, 6) is -0.0129. The third-order valence-electron chi connectivity index (χ3n) is 2.19. The third-order valence-corrected chi connectivity index (χ3v) is 2.52. The molecule has 0 fully saturated rings. The summed E-state index contributed by atoms with van der Waals surface area (Å²) in [4.78, 5) is 11.5. The molecule has 82 valence electrons. The Kier molecular flexibility index (Phi) is 2.97. The molecule has 0 saturated heterocycles. The van der Waals surface area contributed by atoms with E-state index in [1.165, 1.54) is 13.4 Å². The topological polar surface area (TPSA) is 39.4 Å². The normalized spacial score (nSPS) is 10.1. The molecule has 0 aliphatic carbocycles. The number of benzene rings is 1. The minimum atomic E-state index is -0.441. The Balaban J connectivity index is 2.53. The second-order valence-corrected chi connectivity index (χ2v) is 3.54. The van der Waals surface area contributed by atoms with Crippen molar-refractivity contribution in [1.29, 1.82) is 0 Å². The molecule has 0 atom stereocenters. The van der Waals surface area contributed by atoms with Crippen LogP contribution in [0.3, 0.4) is 0 Å². The lowest BCUT2D eigenvalue weighted by Crippen LogP contribution is -2.00. The Labute approximate surface area is 97.6 Å². The summed E-state index contributed by atoms with van der Waals surface area (Å²) in [6.45, 7) is 0. The largest absolute Gasteiger partial charge is 0.465 e. The molecule has 0 aliphatic heterocycles. The first kappa shape index (κ1) is 10.8. The highest BCUT2D eigenvalue weighted by Crippen LogP contribution is 2.31. The fourth-order valence-corrected chi connectivity index (χ4v) is 1.66. The third kappa shape index (κ3) is 1.82. The molecule has 0 amide bonds. The van der Waals surface area contributed by atoms with Crippen LogP contribution in [0, 0.1) is 0 Å². The number of esters is 1. The van der Waals surface area contributed by atoms with E-state index >= 15 is 0 Å². The minimum Gasteiger partial charge on any atom is -0.465 e. The number of furan rings is 1. The van der Waals surface area contributed by atoms with Gasteiger partial charge in [0, 0.05) is 5.56 Å². The van der Waals surface area contributed by atoms with Crippen molar-refractivity contribution in [2.45, 2.75) is 0 Å². The van der Waals surface area contributed by atoms with Crippen LogP contribution in [-0.4, -0.2) is 13.1 Å². The van der Waals surface area contributed by atoms with Gasteiger partial charge in [0.1, 0.15) is 11.3 Å². The van der Waals surface area contributed by atoms with Crippen molar-refractivity contribution < 1.29 is 13.9 Å². The van der Waals surface area contributed by atoms with E-state index in [2.05, 4.69) is 4.74 Å². The zero-order valence-electron chi connectivity index (χ0n) is 8.57. The molecule has 0 spiro atoms. The van der Waals surface area contributed by atoms with Crippen molar-refractivity contribution >= 4 is 17.6 Å². The van der Waals surface area contributed by atoms with Crippen molar-refractivity contribution in [3.63, 3.8) is 0 Å². The molecule has 1 heterocycles. The van der Waals surface area contributed by atoms with Gasteiger partial charge < -0.3 is 9.15 Å². The van der Waals surface area contributed by atoms with Gasteiger partial charge in [0.2, 0.25) is 0 Å². The molecule has 0 N–H and O–H groups in total. The highest BCUT2D eigenvalue weighted by Gasteiger charge is 2.18. The number of hydrogen-bond donors (Lipinski definition) is 0. The maximum absolute atomic E-state index is 11.5. The van der Waals surface area contributed by atoms with Crippen LogP contribution in [0.1, 0.15) is 10.4 Å². The molecule has 1 aromatic heterocycles. The van der Waals surface area contributed by atoms with Gasteiger partial charge in [-0.05, 0) is 18.2 Å². The second-order valence-electron chi connectivity index (χ2n) is 3.13. The highest BCUT2D eigenvalue weighted by atomic mass is 35.5. The average molecular weight is 237 g/mol. The SMILES string of the molecule is COC(=O)c1ccoc1-c1ccccc1Cl. The van der Waals surface area contributed by atoms with Gasteiger partial charge in [0.05, 0.1) is 18.4 Å². The number of methoxy groups -OCH3 is 1. The van der Waals surface area contributed by atoms with Crippen molar-refractivity contribution in [1.82, 2.24) is 0 Å². The highest BCUT2D eigenvalue weighted by molar-refractivity contribution is 6.33. The molecule has 0 saturated carbocycles. The fraction of sp³-hybridized carbons (Fsp3) is 0.0833. The smallest absolute Gasteiger partial charge is 0.341 e. The van der Waals surface area contributed by atoms with Crippen LogP contribution < -0.4 is 0 Å². The Morgan fingerprint density at radius 2 is 2.06 bits per heavy atom. The molecule has 2 aromatic rings. The first-order valence-electron chi connectivity index (χ1n) is 4.64. The second kappa shape index (κ2) is 4.41. The molecule has 0 aliphatic rings. The molecule has 0 unspecified atom stereocenters. The molecule has 2 rings (SSSR count). The zero-order chi connectivity index (χ0) is 11.5. The van der Waals surface area contributed by atoms with Crippen LogP contribution in [0.25, 0.3) is 11.3 Å². The summed E-state index contributed by atoms with van der Waals surface area (Å²) < 4.78 is 9.92. The van der Waals surface area contributed by atoms with Gasteiger partial charge in [-0.2, -0.15) is 0 Å². The number of rotatable bonds is 2. The summed E-state index contributed by atoms with van der Waals surface area (Å²) in [5, 5.41) is 0.530. The fourth-order valence-electron chi connectivity index (χ4n) is 1.43. The van der Waals surface area contributed by atoms with Crippen molar-refractivity contribution in [3.05, 3.63) is 47.2 Å². The van der Waals surface area contributed by atoms with Crippen molar-refractivity contribution in [2.24, 2.45) is 0 Å². The van der Waals surface area contributed by atoms with E-state index in [9.17, 15) is 4.79 Å². The first-order chi connectivity index (χ1) is 7.74. The summed E-state index contributed by atoms with van der Waals surface area (Å²) in [7, 11) is 1.33. The summed E-state index contributed by atoms with van der Waals surface area (Å²) in [5.41, 5.74) is 1.05. The van der Waals surface area contributed by atoms with Crippen LogP contribution in [0.4, 0.5) is 0 Å². The van der Waals surface area contributed by atoms with Gasteiger partial charge in [0.15, 0.2) is 0 Å². The van der Waals surface area contributed by atoms with Crippen LogP contribution in [0.5, 0.6) is 0 Å². The van der Waals surface area contributed by atoms with Gasteiger partial charge >= 0.3 is 5.97 Å². The Morgan fingerprint density at radius 1 is 1.31 bits per heavy atom. The quantitative estimate of drug-likeness (QED) is 0.751. The van der Waals surface area contributed by atoms with Crippen LogP contribution >= 0.6 is 11.6 Å². The lowest BCUT2D eigenvalue weighted by atomic mass is 10.1. The maximum Gasteiger partial charge on any atom is 0.341 e. The lowest BCUT2D eigenvalue weighted by Gasteiger charge is -2.02. The maximum atomic E-state index is 11.5.